The normalized spacial score (nSPS) is 19.5. The van der Waals surface area contributed by atoms with Crippen LogP contribution in [0.3, 0.4) is 0 Å². The molecule has 1 saturated heterocycles. The molecular formula is C12H12BrF3N2O. The van der Waals surface area contributed by atoms with Crippen molar-refractivity contribution in [3.8, 4) is 0 Å². The van der Waals surface area contributed by atoms with Gasteiger partial charge < -0.3 is 10.6 Å². The number of alkyl halides is 3. The first-order valence-corrected chi connectivity index (χ1v) is 6.58. The number of rotatable bonds is 2. The van der Waals surface area contributed by atoms with E-state index in [0.29, 0.717) is 10.9 Å². The Labute approximate surface area is 116 Å². The maximum absolute atomic E-state index is 12.6. The number of amides is 1. The van der Waals surface area contributed by atoms with Crippen LogP contribution in [-0.4, -0.2) is 18.5 Å². The van der Waals surface area contributed by atoms with Crippen molar-refractivity contribution in [3.63, 3.8) is 0 Å². The summed E-state index contributed by atoms with van der Waals surface area (Å²) in [5.74, 6) is -0.308. The lowest BCUT2D eigenvalue weighted by Crippen LogP contribution is -2.35. The molecule has 104 valence electrons. The minimum atomic E-state index is -4.42. The quantitative estimate of drug-likeness (QED) is 0.871. The largest absolute Gasteiger partial charge is 0.416 e. The maximum atomic E-state index is 12.6. The van der Waals surface area contributed by atoms with Crippen molar-refractivity contribution in [1.82, 2.24) is 5.32 Å². The number of benzene rings is 1. The van der Waals surface area contributed by atoms with Crippen LogP contribution in [0, 0.1) is 0 Å². The van der Waals surface area contributed by atoms with Gasteiger partial charge in [0.15, 0.2) is 0 Å². The number of anilines is 1. The summed E-state index contributed by atoms with van der Waals surface area (Å²) >= 11 is 3.13. The fourth-order valence-corrected chi connectivity index (χ4v) is 2.27. The third kappa shape index (κ3) is 3.48. The second-order valence-electron chi connectivity index (χ2n) is 4.33. The molecule has 0 saturated carbocycles. The van der Waals surface area contributed by atoms with E-state index in [4.69, 9.17) is 0 Å². The van der Waals surface area contributed by atoms with E-state index >= 15 is 0 Å². The van der Waals surface area contributed by atoms with E-state index in [9.17, 15) is 18.0 Å². The van der Waals surface area contributed by atoms with Gasteiger partial charge in [-0.05, 0) is 53.5 Å². The van der Waals surface area contributed by atoms with E-state index in [0.717, 1.165) is 25.1 Å². The van der Waals surface area contributed by atoms with Crippen LogP contribution in [0.5, 0.6) is 0 Å². The Kier molecular flexibility index (Phi) is 4.15. The second kappa shape index (κ2) is 5.50. The van der Waals surface area contributed by atoms with Crippen LogP contribution in [0.1, 0.15) is 18.4 Å². The van der Waals surface area contributed by atoms with Gasteiger partial charge in [-0.1, -0.05) is 0 Å². The van der Waals surface area contributed by atoms with Crippen LogP contribution in [0.2, 0.25) is 0 Å². The SMILES string of the molecule is O=C(Nc1cc(C(F)(F)F)ccc1Br)[C@H]1CCCN1. The summed E-state index contributed by atoms with van der Waals surface area (Å²) in [6, 6.07) is 2.84. The van der Waals surface area contributed by atoms with E-state index in [1.165, 1.54) is 6.07 Å². The zero-order valence-electron chi connectivity index (χ0n) is 9.85. The van der Waals surface area contributed by atoms with Crippen LogP contribution in [0.15, 0.2) is 22.7 Å². The molecular weight excluding hydrogens is 325 g/mol. The zero-order chi connectivity index (χ0) is 14.0. The highest BCUT2D eigenvalue weighted by atomic mass is 79.9. The fraction of sp³-hybridized carbons (Fsp3) is 0.417. The Morgan fingerprint density at radius 2 is 2.16 bits per heavy atom. The Morgan fingerprint density at radius 3 is 2.74 bits per heavy atom. The van der Waals surface area contributed by atoms with Gasteiger partial charge in [0.25, 0.3) is 0 Å². The van der Waals surface area contributed by atoms with Gasteiger partial charge in [0.1, 0.15) is 0 Å². The number of hydrogen-bond acceptors (Lipinski definition) is 2. The molecule has 1 fully saturated rings. The highest BCUT2D eigenvalue weighted by molar-refractivity contribution is 9.10. The lowest BCUT2D eigenvalue weighted by atomic mass is 10.1. The summed E-state index contributed by atoms with van der Waals surface area (Å²) in [6.45, 7) is 0.752. The molecule has 0 radical (unpaired) electrons. The Morgan fingerprint density at radius 1 is 1.42 bits per heavy atom. The predicted molar refractivity (Wildman–Crippen MR) is 68.8 cm³/mol. The van der Waals surface area contributed by atoms with Crippen molar-refractivity contribution in [2.75, 3.05) is 11.9 Å². The van der Waals surface area contributed by atoms with E-state index in [-0.39, 0.29) is 17.6 Å². The monoisotopic (exact) mass is 336 g/mol. The second-order valence-corrected chi connectivity index (χ2v) is 5.18. The average molecular weight is 337 g/mol. The number of hydrogen-bond donors (Lipinski definition) is 2. The fourth-order valence-electron chi connectivity index (χ4n) is 1.93. The molecule has 0 bridgehead atoms. The molecule has 2 N–H and O–H groups in total. The van der Waals surface area contributed by atoms with E-state index < -0.39 is 11.7 Å². The van der Waals surface area contributed by atoms with E-state index in [2.05, 4.69) is 26.6 Å². The third-order valence-corrected chi connectivity index (χ3v) is 3.62. The first kappa shape index (κ1) is 14.3. The summed E-state index contributed by atoms with van der Waals surface area (Å²) in [4.78, 5) is 11.9. The molecule has 1 amide bonds. The molecule has 19 heavy (non-hydrogen) atoms. The van der Waals surface area contributed by atoms with Gasteiger partial charge in [-0.15, -0.1) is 0 Å². The van der Waals surface area contributed by atoms with Crippen molar-refractivity contribution < 1.29 is 18.0 Å². The molecule has 1 aliphatic rings. The van der Waals surface area contributed by atoms with Gasteiger partial charge in [-0.3, -0.25) is 4.79 Å². The van der Waals surface area contributed by atoms with Crippen LogP contribution >= 0.6 is 15.9 Å². The van der Waals surface area contributed by atoms with Crippen molar-refractivity contribution >= 4 is 27.5 Å². The maximum Gasteiger partial charge on any atom is 0.416 e. The number of nitrogens with one attached hydrogen (secondary N) is 2. The van der Waals surface area contributed by atoms with Crippen molar-refractivity contribution in [2.45, 2.75) is 25.1 Å². The van der Waals surface area contributed by atoms with Gasteiger partial charge in [0.05, 0.1) is 17.3 Å². The Balaban J connectivity index is 2.17. The minimum absolute atomic E-state index is 0.133. The smallest absolute Gasteiger partial charge is 0.324 e. The minimum Gasteiger partial charge on any atom is -0.324 e. The molecule has 0 unspecified atom stereocenters. The Bertz CT molecular complexity index is 484. The molecule has 0 aromatic heterocycles. The molecule has 0 spiro atoms. The van der Waals surface area contributed by atoms with Gasteiger partial charge >= 0.3 is 6.18 Å². The summed E-state index contributed by atoms with van der Waals surface area (Å²) in [5.41, 5.74) is -0.654. The topological polar surface area (TPSA) is 41.1 Å². The van der Waals surface area contributed by atoms with Crippen molar-refractivity contribution in [1.29, 1.82) is 0 Å². The summed E-state index contributed by atoms with van der Waals surface area (Å²) in [7, 11) is 0. The number of halogens is 4. The van der Waals surface area contributed by atoms with Crippen LogP contribution in [0.25, 0.3) is 0 Å². The molecule has 7 heteroatoms. The highest BCUT2D eigenvalue weighted by Gasteiger charge is 2.31. The highest BCUT2D eigenvalue weighted by Crippen LogP contribution is 2.34. The molecule has 1 atom stereocenters. The van der Waals surface area contributed by atoms with E-state index in [1.54, 1.807) is 0 Å². The summed E-state index contributed by atoms with van der Waals surface area (Å²) in [5, 5.41) is 5.51. The average Bonchev–Trinajstić information content (AvgIpc) is 2.84. The van der Waals surface area contributed by atoms with Crippen LogP contribution < -0.4 is 10.6 Å². The lowest BCUT2D eigenvalue weighted by molar-refractivity contribution is -0.137. The molecule has 3 nitrogen and oxygen atoms in total. The first-order chi connectivity index (χ1) is 8.88. The van der Waals surface area contributed by atoms with Crippen LogP contribution in [0.4, 0.5) is 18.9 Å². The Hall–Kier alpha value is -1.08. The van der Waals surface area contributed by atoms with Crippen molar-refractivity contribution in [3.05, 3.63) is 28.2 Å². The molecule has 1 aromatic rings. The molecule has 0 aliphatic carbocycles. The summed E-state index contributed by atoms with van der Waals surface area (Å²) < 4.78 is 38.2. The first-order valence-electron chi connectivity index (χ1n) is 5.79. The molecule has 1 aromatic carbocycles. The zero-order valence-corrected chi connectivity index (χ0v) is 11.4. The molecule has 1 heterocycles. The summed E-state index contributed by atoms with van der Waals surface area (Å²) in [6.07, 6.45) is -2.84. The number of carbonyl (C=O) groups excluding carboxylic acids is 1. The van der Waals surface area contributed by atoms with Crippen molar-refractivity contribution in [2.24, 2.45) is 0 Å². The lowest BCUT2D eigenvalue weighted by Gasteiger charge is -2.14. The predicted octanol–water partition coefficient (Wildman–Crippen LogP) is 3.16. The van der Waals surface area contributed by atoms with Crippen LogP contribution in [-0.2, 0) is 11.0 Å². The van der Waals surface area contributed by atoms with Gasteiger partial charge in [0, 0.05) is 4.47 Å². The standard InChI is InChI=1S/C12H12BrF3N2O/c13-8-4-3-7(12(14,15)16)6-10(8)18-11(19)9-2-1-5-17-9/h3-4,6,9,17H,1-2,5H2,(H,18,19)/t9-/m1/s1. The third-order valence-electron chi connectivity index (χ3n) is 2.93. The van der Waals surface area contributed by atoms with Gasteiger partial charge in [-0.2, -0.15) is 13.2 Å². The van der Waals surface area contributed by atoms with Gasteiger partial charge in [0.2, 0.25) is 5.91 Å². The molecule has 2 rings (SSSR count). The van der Waals surface area contributed by atoms with Gasteiger partial charge in [-0.25, -0.2) is 0 Å². The van der Waals surface area contributed by atoms with E-state index in [1.807, 2.05) is 0 Å². The number of carbonyl (C=O) groups is 1. The molecule has 1 aliphatic heterocycles.